The molecule has 2 N–H and O–H groups in total. The normalized spacial score (nSPS) is 19.9. The van der Waals surface area contributed by atoms with Crippen LogP contribution >= 0.6 is 0 Å². The van der Waals surface area contributed by atoms with Gasteiger partial charge in [-0.1, -0.05) is 6.07 Å². The van der Waals surface area contributed by atoms with E-state index in [9.17, 15) is 18.0 Å². The highest BCUT2D eigenvalue weighted by Crippen LogP contribution is 2.31. The largest absolute Gasteiger partial charge is 0.484 e. The first-order valence-electron chi connectivity index (χ1n) is 8.54. The minimum atomic E-state index is -4.42. The minimum absolute atomic E-state index is 0.0105. The summed E-state index contributed by atoms with van der Waals surface area (Å²) < 4.78 is 43.7. The lowest BCUT2D eigenvalue weighted by molar-refractivity contribution is -0.153. The maximum absolute atomic E-state index is 12.8. The molecule has 1 aliphatic heterocycles. The molecule has 27 heavy (non-hydrogen) atoms. The minimum Gasteiger partial charge on any atom is -0.484 e. The number of ether oxygens (including phenoxy) is 1. The zero-order valence-electron chi connectivity index (χ0n) is 15.0. The molecule has 1 aromatic heterocycles. The first-order valence-corrected chi connectivity index (χ1v) is 8.54. The van der Waals surface area contributed by atoms with E-state index in [-0.39, 0.29) is 23.5 Å². The van der Waals surface area contributed by atoms with Crippen LogP contribution in [0.15, 0.2) is 30.6 Å². The Kier molecular flexibility index (Phi) is 5.41. The summed E-state index contributed by atoms with van der Waals surface area (Å²) in [4.78, 5) is 12.8. The smallest absolute Gasteiger partial charge is 0.422 e. The number of nitrogens with zero attached hydrogens (tertiary/aromatic N) is 2. The molecule has 6 nitrogen and oxygen atoms in total. The zero-order chi connectivity index (χ0) is 19.6. The molecule has 0 unspecified atom stereocenters. The third-order valence-corrected chi connectivity index (χ3v) is 4.64. The van der Waals surface area contributed by atoms with Gasteiger partial charge in [0.15, 0.2) is 6.61 Å². The topological polar surface area (TPSA) is 68.2 Å². The Bertz CT molecular complexity index is 819. The van der Waals surface area contributed by atoms with E-state index in [0.29, 0.717) is 24.3 Å². The zero-order valence-corrected chi connectivity index (χ0v) is 15.0. The van der Waals surface area contributed by atoms with E-state index >= 15 is 0 Å². The fraction of sp³-hybridized carbons (Fsp3) is 0.444. The second-order valence-electron chi connectivity index (χ2n) is 6.64. The molecule has 1 amide bonds. The lowest BCUT2D eigenvalue weighted by Crippen LogP contribution is -2.28. The highest BCUT2D eigenvalue weighted by Gasteiger charge is 2.35. The number of carbonyl (C=O) groups is 1. The molecule has 0 radical (unpaired) electrons. The molecular formula is C18H21F3N4O2. The van der Waals surface area contributed by atoms with E-state index in [1.54, 1.807) is 29.9 Å². The van der Waals surface area contributed by atoms with Crippen molar-refractivity contribution in [2.75, 3.05) is 25.0 Å². The number of amides is 1. The van der Waals surface area contributed by atoms with Gasteiger partial charge in [0, 0.05) is 43.5 Å². The first kappa shape index (κ1) is 19.2. The van der Waals surface area contributed by atoms with Crippen molar-refractivity contribution in [3.8, 4) is 5.75 Å². The van der Waals surface area contributed by atoms with Crippen molar-refractivity contribution in [1.82, 2.24) is 15.1 Å². The predicted molar refractivity (Wildman–Crippen MR) is 93.7 cm³/mol. The average Bonchev–Trinajstić information content (AvgIpc) is 3.23. The molecule has 9 heteroatoms. The summed E-state index contributed by atoms with van der Waals surface area (Å²) in [5, 5.41) is 10.2. The van der Waals surface area contributed by atoms with Crippen LogP contribution in [0.3, 0.4) is 0 Å². The van der Waals surface area contributed by atoms with Crippen LogP contribution in [0.1, 0.15) is 17.0 Å². The van der Waals surface area contributed by atoms with Gasteiger partial charge in [-0.2, -0.15) is 18.3 Å². The van der Waals surface area contributed by atoms with E-state index in [1.165, 1.54) is 6.07 Å². The van der Waals surface area contributed by atoms with Gasteiger partial charge >= 0.3 is 6.18 Å². The lowest BCUT2D eigenvalue weighted by Gasteiger charge is -2.19. The number of aromatic nitrogens is 2. The van der Waals surface area contributed by atoms with E-state index in [4.69, 9.17) is 4.74 Å². The molecule has 0 bridgehead atoms. The van der Waals surface area contributed by atoms with Crippen LogP contribution in [-0.4, -0.2) is 41.6 Å². The Morgan fingerprint density at radius 3 is 2.85 bits per heavy atom. The second kappa shape index (κ2) is 7.59. The van der Waals surface area contributed by atoms with Crippen LogP contribution in [0.5, 0.6) is 5.75 Å². The number of nitrogens with one attached hydrogen (secondary N) is 2. The van der Waals surface area contributed by atoms with Gasteiger partial charge in [0.25, 0.3) is 0 Å². The molecule has 0 saturated carbocycles. The van der Waals surface area contributed by atoms with Gasteiger partial charge in [0.1, 0.15) is 5.75 Å². The number of halogens is 3. The summed E-state index contributed by atoms with van der Waals surface area (Å²) in [5.41, 5.74) is 1.87. The van der Waals surface area contributed by atoms with E-state index < -0.39 is 12.8 Å². The molecule has 0 spiro atoms. The standard InChI is InChI=1S/C18H21F3N4O2/c1-11-15(4-3-5-16(11)27-10-18(19,20)21)24-17(26)14-8-22-7-13(14)12-6-23-25(2)9-12/h3-6,9,13-14,22H,7-8,10H2,1-2H3,(H,24,26)/t13-,14+/m1/s1. The summed E-state index contributed by atoms with van der Waals surface area (Å²) in [6.07, 6.45) is -0.790. The molecule has 2 heterocycles. The third-order valence-electron chi connectivity index (χ3n) is 4.64. The highest BCUT2D eigenvalue weighted by molar-refractivity contribution is 5.94. The summed E-state index contributed by atoms with van der Waals surface area (Å²) in [5.74, 6) is -0.402. The summed E-state index contributed by atoms with van der Waals surface area (Å²) in [7, 11) is 1.82. The van der Waals surface area contributed by atoms with Gasteiger partial charge in [0.2, 0.25) is 5.91 Å². The van der Waals surface area contributed by atoms with Crippen molar-refractivity contribution in [2.45, 2.75) is 19.0 Å². The second-order valence-corrected chi connectivity index (χ2v) is 6.64. The number of rotatable bonds is 5. The molecule has 1 aliphatic rings. The number of carbonyl (C=O) groups excluding carboxylic acids is 1. The average molecular weight is 382 g/mol. The van der Waals surface area contributed by atoms with Crippen LogP contribution < -0.4 is 15.4 Å². The van der Waals surface area contributed by atoms with Crippen LogP contribution in [0, 0.1) is 12.8 Å². The molecule has 1 fully saturated rings. The van der Waals surface area contributed by atoms with Crippen molar-refractivity contribution in [2.24, 2.45) is 13.0 Å². The number of hydrogen-bond donors (Lipinski definition) is 2. The van der Waals surface area contributed by atoms with Gasteiger partial charge < -0.3 is 15.4 Å². The highest BCUT2D eigenvalue weighted by atomic mass is 19.4. The SMILES string of the molecule is Cc1c(NC(=O)[C@H]2CNC[C@@H]2c2cnn(C)c2)cccc1OCC(F)(F)F. The van der Waals surface area contributed by atoms with Gasteiger partial charge in [0.05, 0.1) is 12.1 Å². The Balaban J connectivity index is 1.72. The Labute approximate surface area is 154 Å². The summed E-state index contributed by atoms with van der Waals surface area (Å²) in [6, 6.07) is 4.65. The number of benzene rings is 1. The quantitative estimate of drug-likeness (QED) is 0.834. The van der Waals surface area contributed by atoms with Gasteiger partial charge in [-0.3, -0.25) is 9.48 Å². The number of aryl methyl sites for hydroxylation is 1. The summed E-state index contributed by atoms with van der Waals surface area (Å²) >= 11 is 0. The van der Waals surface area contributed by atoms with Crippen molar-refractivity contribution in [1.29, 1.82) is 0 Å². The molecule has 2 aromatic rings. The van der Waals surface area contributed by atoms with Crippen LogP contribution in [0.2, 0.25) is 0 Å². The first-order chi connectivity index (χ1) is 12.7. The Morgan fingerprint density at radius 1 is 1.41 bits per heavy atom. The number of alkyl halides is 3. The number of anilines is 1. The van der Waals surface area contributed by atoms with Gasteiger partial charge in [-0.15, -0.1) is 0 Å². The maximum Gasteiger partial charge on any atom is 0.422 e. The monoisotopic (exact) mass is 382 g/mol. The Morgan fingerprint density at radius 2 is 2.19 bits per heavy atom. The Hall–Kier alpha value is -2.55. The predicted octanol–water partition coefficient (Wildman–Crippen LogP) is 2.61. The maximum atomic E-state index is 12.8. The fourth-order valence-electron chi connectivity index (χ4n) is 3.23. The van der Waals surface area contributed by atoms with Crippen molar-refractivity contribution in [3.05, 3.63) is 41.7 Å². The molecule has 3 rings (SSSR count). The molecule has 1 aromatic carbocycles. The van der Waals surface area contributed by atoms with Gasteiger partial charge in [-0.05, 0) is 24.6 Å². The fourth-order valence-corrected chi connectivity index (χ4v) is 3.23. The molecule has 146 valence electrons. The van der Waals surface area contributed by atoms with Crippen molar-refractivity contribution < 1.29 is 22.7 Å². The lowest BCUT2D eigenvalue weighted by atomic mass is 9.90. The van der Waals surface area contributed by atoms with E-state index in [1.807, 2.05) is 13.2 Å². The summed E-state index contributed by atoms with van der Waals surface area (Å²) in [6.45, 7) is 1.43. The molecular weight excluding hydrogens is 361 g/mol. The molecule has 2 atom stereocenters. The van der Waals surface area contributed by atoms with Crippen LogP contribution in [0.4, 0.5) is 18.9 Å². The third kappa shape index (κ3) is 4.60. The molecule has 0 aliphatic carbocycles. The van der Waals surface area contributed by atoms with Crippen molar-refractivity contribution >= 4 is 11.6 Å². The number of hydrogen-bond acceptors (Lipinski definition) is 4. The van der Waals surface area contributed by atoms with Crippen LogP contribution in [0.25, 0.3) is 0 Å². The van der Waals surface area contributed by atoms with E-state index in [0.717, 1.165) is 5.56 Å². The van der Waals surface area contributed by atoms with Crippen LogP contribution in [-0.2, 0) is 11.8 Å². The van der Waals surface area contributed by atoms with Gasteiger partial charge in [-0.25, -0.2) is 0 Å². The molecule has 1 saturated heterocycles. The van der Waals surface area contributed by atoms with Crippen molar-refractivity contribution in [3.63, 3.8) is 0 Å². The van der Waals surface area contributed by atoms with E-state index in [2.05, 4.69) is 15.7 Å².